The monoisotopic (exact) mass is 418 g/mol. The van der Waals surface area contributed by atoms with E-state index in [0.29, 0.717) is 12.8 Å². The van der Waals surface area contributed by atoms with Crippen LogP contribution in [0, 0.1) is 0 Å². The Morgan fingerprint density at radius 1 is 1.00 bits per heavy atom. The van der Waals surface area contributed by atoms with E-state index in [1.54, 1.807) is 13.8 Å². The SMILES string of the molecule is CO[C@H]1CC[C@H](OS(C)(=O)=O)[C@H]([C@@H]2OC(C)(C)O[C@H]2COS(C)(=O)=O)O1. The third-order valence-electron chi connectivity index (χ3n) is 3.92. The van der Waals surface area contributed by atoms with Crippen molar-refractivity contribution in [1.82, 2.24) is 0 Å². The minimum atomic E-state index is -3.74. The molecule has 0 aliphatic carbocycles. The normalized spacial score (nSPS) is 35.5. The average molecular weight is 418 g/mol. The van der Waals surface area contributed by atoms with Crippen molar-refractivity contribution in [3.63, 3.8) is 0 Å². The van der Waals surface area contributed by atoms with E-state index < -0.39 is 56.7 Å². The quantitative estimate of drug-likeness (QED) is 0.521. The van der Waals surface area contributed by atoms with Crippen LogP contribution in [0.2, 0.25) is 0 Å². The van der Waals surface area contributed by atoms with E-state index in [9.17, 15) is 16.8 Å². The van der Waals surface area contributed by atoms with Gasteiger partial charge in [-0.05, 0) is 20.3 Å². The highest BCUT2D eigenvalue weighted by molar-refractivity contribution is 7.86. The molecule has 2 fully saturated rings. The first-order chi connectivity index (χ1) is 11.8. The first-order valence-electron chi connectivity index (χ1n) is 8.06. The summed E-state index contributed by atoms with van der Waals surface area (Å²) in [5.74, 6) is -1.03. The van der Waals surface area contributed by atoms with E-state index in [2.05, 4.69) is 0 Å². The molecule has 10 nitrogen and oxygen atoms in total. The Kier molecular flexibility index (Phi) is 6.72. The zero-order valence-electron chi connectivity index (χ0n) is 15.4. The standard InChI is InChI=1S/C14H26O10S2/c1-14(2)22-10(8-20-25(4,15)16)13(23-14)12-9(24-26(5,17)18)6-7-11(19-3)21-12/h9-13H,6-8H2,1-5H3/t9-,10-,11+,12+,13+/m0/s1. The molecule has 0 aromatic rings. The lowest BCUT2D eigenvalue weighted by Gasteiger charge is -2.38. The van der Waals surface area contributed by atoms with E-state index in [1.165, 1.54) is 7.11 Å². The minimum Gasteiger partial charge on any atom is -0.356 e. The van der Waals surface area contributed by atoms with Crippen molar-refractivity contribution >= 4 is 20.2 Å². The summed E-state index contributed by atoms with van der Waals surface area (Å²) in [5.41, 5.74) is 0. The molecule has 2 aliphatic rings. The smallest absolute Gasteiger partial charge is 0.264 e. The maximum Gasteiger partial charge on any atom is 0.264 e. The number of hydrogen-bond acceptors (Lipinski definition) is 10. The van der Waals surface area contributed by atoms with E-state index in [-0.39, 0.29) is 6.61 Å². The van der Waals surface area contributed by atoms with Gasteiger partial charge in [-0.15, -0.1) is 0 Å². The fraction of sp³-hybridized carbons (Fsp3) is 1.00. The third-order valence-corrected chi connectivity index (χ3v) is 5.08. The highest BCUT2D eigenvalue weighted by atomic mass is 32.2. The van der Waals surface area contributed by atoms with Crippen molar-refractivity contribution in [3.8, 4) is 0 Å². The molecule has 0 N–H and O–H groups in total. The molecular formula is C14H26O10S2. The summed E-state index contributed by atoms with van der Waals surface area (Å²) in [6.45, 7) is 3.02. The van der Waals surface area contributed by atoms with Gasteiger partial charge in [-0.2, -0.15) is 16.8 Å². The predicted octanol–water partition coefficient (Wildman–Crippen LogP) is -0.0210. The summed E-state index contributed by atoms with van der Waals surface area (Å²) < 4.78 is 78.4. The summed E-state index contributed by atoms with van der Waals surface area (Å²) in [7, 11) is -5.95. The Morgan fingerprint density at radius 2 is 1.65 bits per heavy atom. The molecular weight excluding hydrogens is 392 g/mol. The van der Waals surface area contributed by atoms with Gasteiger partial charge >= 0.3 is 0 Å². The third kappa shape index (κ3) is 6.37. The van der Waals surface area contributed by atoms with E-state index in [1.807, 2.05) is 0 Å². The highest BCUT2D eigenvalue weighted by Crippen LogP contribution is 2.36. The van der Waals surface area contributed by atoms with E-state index in [4.69, 9.17) is 27.3 Å². The van der Waals surface area contributed by atoms with Gasteiger partial charge in [0, 0.05) is 13.5 Å². The minimum absolute atomic E-state index is 0.296. The molecule has 154 valence electrons. The van der Waals surface area contributed by atoms with Crippen LogP contribution in [0.5, 0.6) is 0 Å². The van der Waals surface area contributed by atoms with Crippen LogP contribution in [0.15, 0.2) is 0 Å². The van der Waals surface area contributed by atoms with Crippen LogP contribution < -0.4 is 0 Å². The molecule has 2 heterocycles. The number of hydrogen-bond donors (Lipinski definition) is 0. The second-order valence-electron chi connectivity index (χ2n) is 6.81. The van der Waals surface area contributed by atoms with Gasteiger partial charge in [0.05, 0.1) is 19.1 Å². The first kappa shape index (κ1) is 22.0. The van der Waals surface area contributed by atoms with Crippen molar-refractivity contribution in [2.24, 2.45) is 0 Å². The number of methoxy groups -OCH3 is 1. The molecule has 2 rings (SSSR count). The summed E-state index contributed by atoms with van der Waals surface area (Å²) in [4.78, 5) is 0. The molecule has 0 unspecified atom stereocenters. The Labute approximate surface area is 154 Å². The molecule has 0 bridgehead atoms. The summed E-state index contributed by atoms with van der Waals surface area (Å²) in [6.07, 6.45) is -1.17. The van der Waals surface area contributed by atoms with Crippen LogP contribution in [-0.4, -0.2) is 79.6 Å². The lowest BCUT2D eigenvalue weighted by molar-refractivity contribution is -0.241. The van der Waals surface area contributed by atoms with Crippen LogP contribution in [0.1, 0.15) is 26.7 Å². The average Bonchev–Trinajstić information content (AvgIpc) is 2.78. The van der Waals surface area contributed by atoms with Gasteiger partial charge in [-0.1, -0.05) is 0 Å². The van der Waals surface area contributed by atoms with E-state index >= 15 is 0 Å². The van der Waals surface area contributed by atoms with Gasteiger partial charge in [0.1, 0.15) is 24.4 Å². The molecule has 0 aromatic carbocycles. The molecule has 12 heteroatoms. The summed E-state index contributed by atoms with van der Waals surface area (Å²) >= 11 is 0. The first-order valence-corrected chi connectivity index (χ1v) is 11.7. The predicted molar refractivity (Wildman–Crippen MR) is 89.2 cm³/mol. The van der Waals surface area contributed by atoms with Crippen LogP contribution in [0.4, 0.5) is 0 Å². The van der Waals surface area contributed by atoms with Crippen molar-refractivity contribution in [2.75, 3.05) is 26.2 Å². The van der Waals surface area contributed by atoms with Crippen molar-refractivity contribution in [2.45, 2.75) is 63.2 Å². The number of ether oxygens (including phenoxy) is 4. The molecule has 0 aromatic heterocycles. The van der Waals surface area contributed by atoms with Crippen LogP contribution in [0.25, 0.3) is 0 Å². The van der Waals surface area contributed by atoms with Gasteiger partial charge in [0.2, 0.25) is 0 Å². The van der Waals surface area contributed by atoms with Gasteiger partial charge in [-0.25, -0.2) is 0 Å². The van der Waals surface area contributed by atoms with Gasteiger partial charge in [0.25, 0.3) is 20.2 Å². The lowest BCUT2D eigenvalue weighted by atomic mass is 9.97. The molecule has 2 aliphatic heterocycles. The highest BCUT2D eigenvalue weighted by Gasteiger charge is 2.51. The molecule has 5 atom stereocenters. The maximum absolute atomic E-state index is 11.6. The molecule has 26 heavy (non-hydrogen) atoms. The van der Waals surface area contributed by atoms with Gasteiger partial charge in [0.15, 0.2) is 12.1 Å². The fourth-order valence-electron chi connectivity index (χ4n) is 3.05. The van der Waals surface area contributed by atoms with Crippen molar-refractivity contribution in [1.29, 1.82) is 0 Å². The van der Waals surface area contributed by atoms with Crippen molar-refractivity contribution in [3.05, 3.63) is 0 Å². The van der Waals surface area contributed by atoms with E-state index in [0.717, 1.165) is 12.5 Å². The molecule has 0 saturated carbocycles. The zero-order valence-corrected chi connectivity index (χ0v) is 17.0. The molecule has 0 amide bonds. The second-order valence-corrected chi connectivity index (χ2v) is 10.1. The second kappa shape index (κ2) is 7.95. The van der Waals surface area contributed by atoms with Crippen LogP contribution in [-0.2, 0) is 47.5 Å². The molecule has 2 saturated heterocycles. The molecule has 0 spiro atoms. The van der Waals surface area contributed by atoms with Gasteiger partial charge in [-0.3, -0.25) is 8.37 Å². The largest absolute Gasteiger partial charge is 0.356 e. The zero-order chi connectivity index (χ0) is 19.8. The Morgan fingerprint density at radius 3 is 2.19 bits per heavy atom. The molecule has 0 radical (unpaired) electrons. The van der Waals surface area contributed by atoms with Crippen LogP contribution in [0.3, 0.4) is 0 Å². The Bertz CT molecular complexity index is 687. The topological polar surface area (TPSA) is 124 Å². The Balaban J connectivity index is 2.24. The van der Waals surface area contributed by atoms with Crippen LogP contribution >= 0.6 is 0 Å². The maximum atomic E-state index is 11.6. The number of rotatable bonds is 7. The fourth-order valence-corrected chi connectivity index (χ4v) is 4.08. The van der Waals surface area contributed by atoms with Gasteiger partial charge < -0.3 is 18.9 Å². The summed E-state index contributed by atoms with van der Waals surface area (Å²) in [6, 6.07) is 0. The van der Waals surface area contributed by atoms with Crippen molar-refractivity contribution < 1.29 is 44.1 Å². The lowest BCUT2D eigenvalue weighted by Crippen LogP contribution is -2.52. The Hall–Kier alpha value is -0.340. The summed E-state index contributed by atoms with van der Waals surface area (Å²) in [5, 5.41) is 0.